The summed E-state index contributed by atoms with van der Waals surface area (Å²) >= 11 is 0. The number of ether oxygens (including phenoxy) is 1. The lowest BCUT2D eigenvalue weighted by Gasteiger charge is -2.17. The van der Waals surface area contributed by atoms with E-state index in [2.05, 4.69) is 4.98 Å². The van der Waals surface area contributed by atoms with E-state index < -0.39 is 48.3 Å². The third kappa shape index (κ3) is 3.48. The molecular formula is C21H24N4O7. The fraction of sp³-hybridized carbons (Fsp3) is 0.429. The number of unbranched alkanes of at least 4 members (excludes halogenated alkanes) is 1. The third-order valence-electron chi connectivity index (χ3n) is 5.61. The molecule has 0 unspecified atom stereocenters. The molecule has 1 saturated heterocycles. The van der Waals surface area contributed by atoms with Crippen molar-refractivity contribution in [2.75, 3.05) is 6.61 Å². The number of carbonyl (C=O) groups excluding carboxylic acids is 1. The Bertz CT molecular complexity index is 1250. The number of fused-ring (bicyclic) bond motifs is 1. The summed E-state index contributed by atoms with van der Waals surface area (Å²) in [6, 6.07) is 8.13. The molecule has 2 aromatic heterocycles. The summed E-state index contributed by atoms with van der Waals surface area (Å²) in [6.45, 7) is 1.45. The molecule has 1 aliphatic heterocycles. The summed E-state index contributed by atoms with van der Waals surface area (Å²) in [7, 11) is 0. The molecule has 11 heteroatoms. The van der Waals surface area contributed by atoms with Crippen LogP contribution in [0.25, 0.3) is 11.2 Å². The van der Waals surface area contributed by atoms with Crippen molar-refractivity contribution in [2.24, 2.45) is 0 Å². The van der Waals surface area contributed by atoms with Crippen molar-refractivity contribution >= 4 is 17.1 Å². The number of aromatic nitrogens is 4. The van der Waals surface area contributed by atoms with Crippen LogP contribution in [0.1, 0.15) is 36.4 Å². The molecular weight excluding hydrogens is 420 g/mol. The molecule has 32 heavy (non-hydrogen) atoms. The number of imidazole rings is 1. The van der Waals surface area contributed by atoms with Crippen LogP contribution in [0.4, 0.5) is 0 Å². The van der Waals surface area contributed by atoms with Crippen molar-refractivity contribution in [1.82, 2.24) is 18.7 Å². The highest BCUT2D eigenvalue weighted by molar-refractivity contribution is 5.99. The maximum Gasteiger partial charge on any atom is 0.339 e. The highest BCUT2D eigenvalue weighted by Gasteiger charge is 2.44. The van der Waals surface area contributed by atoms with Crippen molar-refractivity contribution in [3.63, 3.8) is 0 Å². The largest absolute Gasteiger partial charge is 0.394 e. The van der Waals surface area contributed by atoms with E-state index >= 15 is 0 Å². The van der Waals surface area contributed by atoms with Crippen LogP contribution in [0.2, 0.25) is 0 Å². The number of nitrogens with zero attached hydrogens (tertiary/aromatic N) is 4. The van der Waals surface area contributed by atoms with Gasteiger partial charge in [-0.2, -0.15) is 0 Å². The molecule has 0 amide bonds. The van der Waals surface area contributed by atoms with E-state index in [-0.39, 0.29) is 23.3 Å². The second-order valence-electron chi connectivity index (χ2n) is 7.65. The average Bonchev–Trinajstić information content (AvgIpc) is 3.35. The summed E-state index contributed by atoms with van der Waals surface area (Å²) in [4.78, 5) is 43.8. The van der Waals surface area contributed by atoms with Gasteiger partial charge in [-0.05, 0) is 18.6 Å². The van der Waals surface area contributed by atoms with Gasteiger partial charge in [0, 0.05) is 12.1 Å². The van der Waals surface area contributed by atoms with Gasteiger partial charge in [-0.15, -0.1) is 0 Å². The van der Waals surface area contributed by atoms with Gasteiger partial charge in [-0.1, -0.05) is 31.5 Å². The predicted octanol–water partition coefficient (Wildman–Crippen LogP) is -0.540. The highest BCUT2D eigenvalue weighted by atomic mass is 16.6. The van der Waals surface area contributed by atoms with E-state index in [9.17, 15) is 29.7 Å². The van der Waals surface area contributed by atoms with Gasteiger partial charge in [-0.25, -0.2) is 14.3 Å². The number of hydrogen-bond acceptors (Lipinski definition) is 8. The molecule has 3 heterocycles. The van der Waals surface area contributed by atoms with E-state index in [1.54, 1.807) is 30.3 Å². The second kappa shape index (κ2) is 8.79. The summed E-state index contributed by atoms with van der Waals surface area (Å²) < 4.78 is 8.52. The van der Waals surface area contributed by atoms with E-state index in [1.807, 2.05) is 6.92 Å². The zero-order chi connectivity index (χ0) is 23.0. The van der Waals surface area contributed by atoms with Crippen molar-refractivity contribution in [1.29, 1.82) is 0 Å². The molecule has 3 N–H and O–H groups in total. The Morgan fingerprint density at radius 1 is 1.16 bits per heavy atom. The van der Waals surface area contributed by atoms with Crippen molar-refractivity contribution < 1.29 is 24.9 Å². The standard InChI is InChI=1S/C21H24N4O7/c1-2-3-9-23-19(30)14-17(25(21(23)31)18(29)12-7-5-4-6-8-12)22-11-24(14)20-16(28)15(27)13(10-26)32-20/h4-8,11,13,15-16,20,26-28H,2-3,9-10H2,1H3/t13-,15-,16-,20-/m1/s1. The first-order valence-electron chi connectivity index (χ1n) is 10.3. The number of aliphatic hydroxyl groups is 3. The molecule has 1 aromatic carbocycles. The molecule has 0 saturated carbocycles. The maximum atomic E-state index is 13.3. The first-order valence-corrected chi connectivity index (χ1v) is 10.3. The Morgan fingerprint density at radius 3 is 2.50 bits per heavy atom. The molecule has 3 aromatic rings. The molecule has 0 bridgehead atoms. The van der Waals surface area contributed by atoms with Crippen LogP contribution in [0.5, 0.6) is 0 Å². The highest BCUT2D eigenvalue weighted by Crippen LogP contribution is 2.30. The van der Waals surface area contributed by atoms with Crippen LogP contribution in [0.3, 0.4) is 0 Å². The van der Waals surface area contributed by atoms with Crippen LogP contribution in [0.15, 0.2) is 46.2 Å². The van der Waals surface area contributed by atoms with Crippen LogP contribution in [-0.2, 0) is 11.3 Å². The van der Waals surface area contributed by atoms with E-state index in [0.29, 0.717) is 12.8 Å². The Kier molecular flexibility index (Phi) is 6.07. The number of rotatable bonds is 6. The lowest BCUT2D eigenvalue weighted by molar-refractivity contribution is -0.0509. The van der Waals surface area contributed by atoms with E-state index in [0.717, 1.165) is 9.13 Å². The van der Waals surface area contributed by atoms with Crippen molar-refractivity contribution in [3.05, 3.63) is 63.1 Å². The quantitative estimate of drug-likeness (QED) is 0.459. The zero-order valence-electron chi connectivity index (χ0n) is 17.4. The summed E-state index contributed by atoms with van der Waals surface area (Å²) in [5.41, 5.74) is -1.57. The van der Waals surface area contributed by atoms with Gasteiger partial charge in [0.1, 0.15) is 24.6 Å². The smallest absolute Gasteiger partial charge is 0.339 e. The molecule has 0 aliphatic carbocycles. The SMILES string of the molecule is CCCCn1c(=O)c2c(ncn2[C@@H]2O[C@H](CO)[C@@H](O)[C@H]2O)n(C(=O)c2ccccc2)c1=O. The van der Waals surface area contributed by atoms with Gasteiger partial charge in [-0.3, -0.25) is 18.7 Å². The van der Waals surface area contributed by atoms with Crippen LogP contribution >= 0.6 is 0 Å². The van der Waals surface area contributed by atoms with Gasteiger partial charge < -0.3 is 20.1 Å². The number of carbonyl (C=O) groups is 1. The molecule has 0 radical (unpaired) electrons. The molecule has 11 nitrogen and oxygen atoms in total. The molecule has 1 aliphatic rings. The normalized spacial score (nSPS) is 23.1. The first kappa shape index (κ1) is 22.1. The van der Waals surface area contributed by atoms with Crippen molar-refractivity contribution in [3.8, 4) is 0 Å². The minimum Gasteiger partial charge on any atom is -0.394 e. The monoisotopic (exact) mass is 444 g/mol. The molecule has 0 spiro atoms. The maximum absolute atomic E-state index is 13.3. The van der Waals surface area contributed by atoms with Crippen molar-refractivity contribution in [2.45, 2.75) is 50.8 Å². The second-order valence-corrected chi connectivity index (χ2v) is 7.65. The lowest BCUT2D eigenvalue weighted by atomic mass is 10.1. The number of benzene rings is 1. The summed E-state index contributed by atoms with van der Waals surface area (Å²) in [5, 5.41) is 29.9. The van der Waals surface area contributed by atoms with E-state index in [4.69, 9.17) is 4.74 Å². The first-order chi connectivity index (χ1) is 15.4. The number of aliphatic hydroxyl groups excluding tert-OH is 3. The Labute approximate surface area is 181 Å². The summed E-state index contributed by atoms with van der Waals surface area (Å²) in [5.74, 6) is -0.655. The number of hydrogen-bond donors (Lipinski definition) is 3. The van der Waals surface area contributed by atoms with Crippen LogP contribution < -0.4 is 11.2 Å². The van der Waals surface area contributed by atoms with Gasteiger partial charge >= 0.3 is 5.69 Å². The minimum atomic E-state index is -1.46. The van der Waals surface area contributed by atoms with Crippen LogP contribution in [0, 0.1) is 0 Å². The van der Waals surface area contributed by atoms with E-state index in [1.165, 1.54) is 10.9 Å². The Hall–Kier alpha value is -3.12. The lowest BCUT2D eigenvalue weighted by Crippen LogP contribution is -2.43. The average molecular weight is 444 g/mol. The topological polar surface area (TPSA) is 149 Å². The Balaban J connectivity index is 1.96. The molecule has 170 valence electrons. The molecule has 4 rings (SSSR count). The van der Waals surface area contributed by atoms with Gasteiger partial charge in [0.2, 0.25) is 0 Å². The van der Waals surface area contributed by atoms with Gasteiger partial charge in [0.25, 0.3) is 11.5 Å². The zero-order valence-corrected chi connectivity index (χ0v) is 17.4. The van der Waals surface area contributed by atoms with Gasteiger partial charge in [0.05, 0.1) is 6.61 Å². The minimum absolute atomic E-state index is 0.0906. The Morgan fingerprint density at radius 2 is 1.88 bits per heavy atom. The molecule has 4 atom stereocenters. The van der Waals surface area contributed by atoms with Crippen LogP contribution in [-0.4, -0.2) is 64.8 Å². The fourth-order valence-electron chi connectivity index (χ4n) is 3.86. The molecule has 1 fully saturated rings. The fourth-order valence-corrected chi connectivity index (χ4v) is 3.86. The summed E-state index contributed by atoms with van der Waals surface area (Å²) in [6.07, 6.45) is -2.74. The third-order valence-corrected chi connectivity index (χ3v) is 5.61. The predicted molar refractivity (Wildman–Crippen MR) is 112 cm³/mol. The van der Waals surface area contributed by atoms with Gasteiger partial charge in [0.15, 0.2) is 17.4 Å².